The van der Waals surface area contributed by atoms with E-state index < -0.39 is 5.41 Å². The lowest BCUT2D eigenvalue weighted by molar-refractivity contribution is 0.586. The number of nitrogens with zero attached hydrogens (tertiary/aromatic N) is 4. The van der Waals surface area contributed by atoms with Crippen LogP contribution in [0.15, 0.2) is 237 Å². The zero-order valence-corrected chi connectivity index (χ0v) is 56.5. The van der Waals surface area contributed by atoms with Crippen molar-refractivity contribution in [2.45, 2.75) is 76.5 Å². The fraction of sp³-hybridized carbons (Fsp3) is 0.125. The number of para-hydroxylation sites is 3. The van der Waals surface area contributed by atoms with Crippen molar-refractivity contribution in [1.29, 1.82) is 0 Å². The molecule has 0 fully saturated rings. The zero-order chi connectivity index (χ0) is 65.6. The Labute approximate surface area is 574 Å². The number of fused-ring (bicyclic) bond motifs is 40. The minimum absolute atomic E-state index is 0.151. The Bertz CT molecular complexity index is 7710. The van der Waals surface area contributed by atoms with Gasteiger partial charge in [0, 0.05) is 108 Å². The third-order valence-corrected chi connectivity index (χ3v) is 26.8. The predicted octanol–water partition coefficient (Wildman–Crippen LogP) is 24.7. The van der Waals surface area contributed by atoms with Gasteiger partial charge in [0.25, 0.3) is 0 Å². The van der Waals surface area contributed by atoms with Crippen molar-refractivity contribution in [3.63, 3.8) is 0 Å². The van der Waals surface area contributed by atoms with Gasteiger partial charge in [-0.3, -0.25) is 0 Å². The minimum atomic E-state index is -0.418. The predicted molar refractivity (Wildman–Crippen MR) is 420 cm³/mol. The van der Waals surface area contributed by atoms with E-state index in [1.54, 1.807) is 0 Å². The maximum atomic E-state index is 2.73. The second-order valence-electron chi connectivity index (χ2n) is 32.3. The van der Waals surface area contributed by atoms with Gasteiger partial charge in [-0.15, -0.1) is 0 Å². The maximum Gasteiger partial charge on any atom is 0.0626 e. The van der Waals surface area contributed by atoms with Crippen LogP contribution in [-0.4, -0.2) is 17.6 Å². The average molecular weight is 1270 g/mol. The van der Waals surface area contributed by atoms with Crippen LogP contribution in [-0.2, 0) is 28.1 Å². The van der Waals surface area contributed by atoms with Crippen molar-refractivity contribution in [2.24, 2.45) is 0 Å². The fourth-order valence-electron chi connectivity index (χ4n) is 22.9. The average Bonchev–Trinajstić information content (AvgIpc) is 1.50. The molecule has 466 valence electrons. The largest absolute Gasteiger partial charge is 0.308 e. The maximum absolute atomic E-state index is 2.73. The lowest BCUT2D eigenvalue weighted by Gasteiger charge is -2.28. The quantitative estimate of drug-likeness (QED) is 0.164. The molecule has 4 nitrogen and oxygen atoms in total. The molecule has 0 aliphatic heterocycles. The lowest BCUT2D eigenvalue weighted by Crippen LogP contribution is -2.24. The third kappa shape index (κ3) is 5.42. The second kappa shape index (κ2) is 16.4. The molecule has 26 rings (SSSR count). The minimum Gasteiger partial charge on any atom is -0.308 e. The van der Waals surface area contributed by atoms with E-state index in [1.165, 1.54) is 247 Å². The van der Waals surface area contributed by atoms with Gasteiger partial charge in [-0.1, -0.05) is 212 Å². The smallest absolute Gasteiger partial charge is 0.0626 e. The molecule has 0 bridgehead atoms. The summed E-state index contributed by atoms with van der Waals surface area (Å²) in [5, 5.41) is 21.5. The molecule has 0 saturated carbocycles. The van der Waals surface area contributed by atoms with Gasteiger partial charge in [-0.25, -0.2) is 0 Å². The van der Waals surface area contributed by atoms with Crippen LogP contribution in [0.25, 0.3) is 197 Å². The van der Waals surface area contributed by atoms with Gasteiger partial charge < -0.3 is 17.6 Å². The molecule has 14 aromatic carbocycles. The van der Waals surface area contributed by atoms with Crippen molar-refractivity contribution in [1.82, 2.24) is 17.6 Å². The van der Waals surface area contributed by atoms with Crippen molar-refractivity contribution in [2.75, 3.05) is 0 Å². The van der Waals surface area contributed by atoms with Gasteiger partial charge in [0.1, 0.15) is 0 Å². The van der Waals surface area contributed by atoms with E-state index in [-0.39, 0.29) is 16.2 Å². The molecule has 1 unspecified atom stereocenters. The standard InChI is InChI=1S/C96H62N4/c1-93(2)68-33-17-10-29-54(68)81-70(93)41-59-52-27-13-20-36-73(52)97-76-44-62-77(43-61(76)83(81)89(59)97)98-74-37-21-14-28-53(74)60-42-71-82(84(62)90(60)98)55-30-11-18-34-69(55)96(71,7)47-48-23-22-38-75-80(48)65-40-57-50-25-9-16-32-67(50)95(5,6)88(57)86-64-45-78-63(46-79(64)100(75)92(65)86)85-87-56(49-24-8-15-31-66(49)94(87,3)4)39-58-51-26-12-19-35-72(51)99(78)91(58)85/h8-46H,47H2,1-7H3. The molecule has 4 aliphatic rings. The zero-order valence-electron chi connectivity index (χ0n) is 56.5. The summed E-state index contributed by atoms with van der Waals surface area (Å²) in [7, 11) is 0. The summed E-state index contributed by atoms with van der Waals surface area (Å²) in [5.41, 5.74) is 38.2. The highest BCUT2D eigenvalue weighted by atomic mass is 15.0. The number of hydrogen-bond acceptors (Lipinski definition) is 0. The molecule has 8 heterocycles. The van der Waals surface area contributed by atoms with E-state index in [1.807, 2.05) is 0 Å². The van der Waals surface area contributed by atoms with Gasteiger partial charge in [-0.2, -0.15) is 0 Å². The van der Waals surface area contributed by atoms with Crippen LogP contribution in [0, 0.1) is 0 Å². The van der Waals surface area contributed by atoms with Crippen LogP contribution in [0.5, 0.6) is 0 Å². The topological polar surface area (TPSA) is 17.6 Å². The number of aromatic nitrogens is 4. The van der Waals surface area contributed by atoms with Crippen molar-refractivity contribution in [3.05, 3.63) is 287 Å². The number of rotatable bonds is 2. The van der Waals surface area contributed by atoms with Gasteiger partial charge in [0.15, 0.2) is 0 Å². The van der Waals surface area contributed by atoms with Gasteiger partial charge in [-0.05, 0) is 174 Å². The summed E-state index contributed by atoms with van der Waals surface area (Å²) >= 11 is 0. The second-order valence-corrected chi connectivity index (χ2v) is 32.3. The first-order chi connectivity index (χ1) is 48.8. The summed E-state index contributed by atoms with van der Waals surface area (Å²) in [6, 6.07) is 93.0. The molecule has 22 aromatic rings. The molecule has 0 saturated heterocycles. The highest BCUT2D eigenvalue weighted by Crippen LogP contribution is 2.63. The van der Waals surface area contributed by atoms with Crippen LogP contribution in [0.1, 0.15) is 98.5 Å². The first-order valence-electron chi connectivity index (χ1n) is 36.0. The Kier molecular flexibility index (Phi) is 8.57. The first-order valence-corrected chi connectivity index (χ1v) is 36.0. The lowest BCUT2D eigenvalue weighted by atomic mass is 9.74. The molecule has 8 aromatic heterocycles. The monoisotopic (exact) mass is 1270 g/mol. The highest BCUT2D eigenvalue weighted by molar-refractivity contribution is 6.36. The molecule has 1 atom stereocenters. The van der Waals surface area contributed by atoms with Crippen molar-refractivity contribution < 1.29 is 0 Å². The molecule has 0 amide bonds. The van der Waals surface area contributed by atoms with Crippen LogP contribution >= 0.6 is 0 Å². The van der Waals surface area contributed by atoms with Gasteiger partial charge >= 0.3 is 0 Å². The SMILES string of the molecule is CC1(C)c2ccccc2-c2c1cc1c3ccccc3n3c4cc5c6c7c(cc8c9ccccc9n(c5cc4c2c13)c86)C(C)(Cc1cccc2c1c1cc3c(c4c5cc6c(cc5n2c14)c1c2c(cc4c5ccccc5n6c41)-c1ccccc1C2(C)C)C(C)(C)c1ccccc1-3)c1ccccc1-7. The van der Waals surface area contributed by atoms with E-state index in [2.05, 4.69) is 303 Å². The number of benzene rings is 14. The van der Waals surface area contributed by atoms with E-state index in [4.69, 9.17) is 0 Å². The van der Waals surface area contributed by atoms with E-state index in [0.29, 0.717) is 0 Å². The summed E-state index contributed by atoms with van der Waals surface area (Å²) in [6.45, 7) is 17.4. The summed E-state index contributed by atoms with van der Waals surface area (Å²) in [4.78, 5) is 0. The molecule has 100 heavy (non-hydrogen) atoms. The molecule has 0 spiro atoms. The van der Waals surface area contributed by atoms with Crippen LogP contribution in [0.4, 0.5) is 0 Å². The Morgan fingerprint density at radius 3 is 1.11 bits per heavy atom. The van der Waals surface area contributed by atoms with Gasteiger partial charge in [0.2, 0.25) is 0 Å². The van der Waals surface area contributed by atoms with Crippen LogP contribution in [0.2, 0.25) is 0 Å². The first kappa shape index (κ1) is 52.4. The number of hydrogen-bond donors (Lipinski definition) is 0. The van der Waals surface area contributed by atoms with Crippen LogP contribution < -0.4 is 0 Å². The summed E-state index contributed by atoms with van der Waals surface area (Å²) in [6.07, 6.45) is 0.817. The van der Waals surface area contributed by atoms with E-state index >= 15 is 0 Å². The molecule has 4 heteroatoms. The van der Waals surface area contributed by atoms with E-state index in [9.17, 15) is 0 Å². The third-order valence-electron chi connectivity index (χ3n) is 26.8. The normalized spacial score (nSPS) is 17.1. The van der Waals surface area contributed by atoms with Crippen molar-refractivity contribution >= 4 is 152 Å². The molecular formula is C96H62N4. The van der Waals surface area contributed by atoms with Crippen LogP contribution in [0.3, 0.4) is 0 Å². The Morgan fingerprint density at radius 2 is 0.590 bits per heavy atom. The molecule has 0 N–H and O–H groups in total. The molecular weight excluding hydrogens is 1210 g/mol. The summed E-state index contributed by atoms with van der Waals surface area (Å²) < 4.78 is 10.7. The Morgan fingerprint density at radius 1 is 0.230 bits per heavy atom. The highest BCUT2D eigenvalue weighted by Gasteiger charge is 2.46. The fourth-order valence-corrected chi connectivity index (χ4v) is 22.9. The summed E-state index contributed by atoms with van der Waals surface area (Å²) in [5.74, 6) is 0. The van der Waals surface area contributed by atoms with Crippen molar-refractivity contribution in [3.8, 4) is 44.5 Å². The Hall–Kier alpha value is -11.7. The Balaban J connectivity index is 0.767. The molecule has 4 aliphatic carbocycles. The molecule has 0 radical (unpaired) electrons. The van der Waals surface area contributed by atoms with Gasteiger partial charge in [0.05, 0.1) is 66.2 Å². The van der Waals surface area contributed by atoms with E-state index in [0.717, 1.165) is 6.42 Å².